The van der Waals surface area contributed by atoms with Gasteiger partial charge in [0.25, 0.3) is 0 Å². The van der Waals surface area contributed by atoms with Crippen molar-refractivity contribution in [2.75, 3.05) is 44.2 Å². The van der Waals surface area contributed by atoms with Gasteiger partial charge in [-0.1, -0.05) is 18.2 Å². The number of hydrogen-bond donors (Lipinski definition) is 1. The van der Waals surface area contributed by atoms with Crippen molar-refractivity contribution in [2.45, 2.75) is 25.2 Å². The molecule has 0 amide bonds. The fraction of sp³-hybridized carbons (Fsp3) is 0.429. The summed E-state index contributed by atoms with van der Waals surface area (Å²) in [4.78, 5) is 4.67. The number of para-hydroxylation sites is 1. The molecular weight excluding hydrogens is 377 g/mol. The van der Waals surface area contributed by atoms with Crippen LogP contribution in [0, 0.1) is 19.7 Å². The summed E-state index contributed by atoms with van der Waals surface area (Å²) in [7, 11) is -3.47. The number of piperazine rings is 1. The molecule has 1 aliphatic heterocycles. The lowest BCUT2D eigenvalue weighted by Gasteiger charge is -2.36. The van der Waals surface area contributed by atoms with Gasteiger partial charge in [-0.05, 0) is 62.2 Å². The van der Waals surface area contributed by atoms with Crippen molar-refractivity contribution in [3.05, 3.63) is 59.4 Å². The molecule has 1 N–H and O–H groups in total. The van der Waals surface area contributed by atoms with Crippen molar-refractivity contribution < 1.29 is 12.8 Å². The molecule has 0 spiro atoms. The first-order valence-electron chi connectivity index (χ1n) is 9.65. The Morgan fingerprint density at radius 2 is 1.71 bits per heavy atom. The molecule has 7 heteroatoms. The SMILES string of the molecule is Cc1ccc(S(=O)(=O)NCCCN2CCN(c3ccccc3F)CC2)cc1C. The fourth-order valence-electron chi connectivity index (χ4n) is 3.39. The Balaban J connectivity index is 1.42. The third-order valence-electron chi connectivity index (χ3n) is 5.30. The molecule has 3 rings (SSSR count). The van der Waals surface area contributed by atoms with Crippen molar-refractivity contribution in [2.24, 2.45) is 0 Å². The predicted molar refractivity (Wildman–Crippen MR) is 111 cm³/mol. The van der Waals surface area contributed by atoms with Crippen molar-refractivity contribution in [3.63, 3.8) is 0 Å². The molecule has 0 atom stereocenters. The molecule has 5 nitrogen and oxygen atoms in total. The second kappa shape index (κ2) is 9.03. The maximum atomic E-state index is 13.9. The first-order valence-corrected chi connectivity index (χ1v) is 11.1. The first kappa shape index (κ1) is 20.8. The van der Waals surface area contributed by atoms with E-state index in [0.717, 1.165) is 50.3 Å². The van der Waals surface area contributed by atoms with Gasteiger partial charge in [0.1, 0.15) is 5.82 Å². The number of sulfonamides is 1. The fourth-order valence-corrected chi connectivity index (χ4v) is 4.55. The van der Waals surface area contributed by atoms with Crippen LogP contribution in [0.25, 0.3) is 0 Å². The number of aryl methyl sites for hydroxylation is 2. The first-order chi connectivity index (χ1) is 13.4. The van der Waals surface area contributed by atoms with E-state index in [1.54, 1.807) is 18.2 Å². The third kappa shape index (κ3) is 5.10. The van der Waals surface area contributed by atoms with Gasteiger partial charge in [-0.3, -0.25) is 4.90 Å². The van der Waals surface area contributed by atoms with Crippen LogP contribution in [0.5, 0.6) is 0 Å². The Morgan fingerprint density at radius 3 is 2.39 bits per heavy atom. The lowest BCUT2D eigenvalue weighted by molar-refractivity contribution is 0.255. The Bertz CT molecular complexity index is 910. The second-order valence-electron chi connectivity index (χ2n) is 7.28. The Hall–Kier alpha value is -1.96. The molecule has 1 aliphatic rings. The largest absolute Gasteiger partial charge is 0.367 e. The van der Waals surface area contributed by atoms with Crippen molar-refractivity contribution in [3.8, 4) is 0 Å². The summed E-state index contributed by atoms with van der Waals surface area (Å²) in [6.07, 6.45) is 0.740. The predicted octanol–water partition coefficient (Wildman–Crippen LogP) is 2.93. The zero-order chi connectivity index (χ0) is 20.1. The molecule has 1 heterocycles. The number of halogens is 1. The minimum atomic E-state index is -3.47. The minimum absolute atomic E-state index is 0.184. The molecule has 2 aromatic rings. The molecule has 28 heavy (non-hydrogen) atoms. The van der Waals surface area contributed by atoms with Crippen LogP contribution in [0.1, 0.15) is 17.5 Å². The quantitative estimate of drug-likeness (QED) is 0.720. The van der Waals surface area contributed by atoms with Crippen molar-refractivity contribution in [1.29, 1.82) is 0 Å². The molecule has 1 saturated heterocycles. The minimum Gasteiger partial charge on any atom is -0.367 e. The normalized spacial score (nSPS) is 15.8. The Kier molecular flexibility index (Phi) is 6.69. The van der Waals surface area contributed by atoms with Gasteiger partial charge >= 0.3 is 0 Å². The van der Waals surface area contributed by atoms with Gasteiger partial charge in [-0.25, -0.2) is 17.5 Å². The van der Waals surface area contributed by atoms with E-state index in [0.29, 0.717) is 17.1 Å². The molecule has 0 saturated carbocycles. The van der Waals surface area contributed by atoms with E-state index in [2.05, 4.69) is 14.5 Å². The summed E-state index contributed by atoms with van der Waals surface area (Å²) >= 11 is 0. The zero-order valence-corrected chi connectivity index (χ0v) is 17.3. The van der Waals surface area contributed by atoms with E-state index >= 15 is 0 Å². The van der Waals surface area contributed by atoms with Gasteiger partial charge in [0.2, 0.25) is 10.0 Å². The summed E-state index contributed by atoms with van der Waals surface area (Å²) in [5.41, 5.74) is 2.70. The monoisotopic (exact) mass is 405 g/mol. The molecular formula is C21H28FN3O2S. The van der Waals surface area contributed by atoms with E-state index in [1.807, 2.05) is 32.0 Å². The summed E-state index contributed by atoms with van der Waals surface area (Å²) in [6, 6.07) is 12.0. The molecule has 0 aromatic heterocycles. The van der Waals surface area contributed by atoms with Crippen molar-refractivity contribution >= 4 is 15.7 Å². The number of hydrogen-bond acceptors (Lipinski definition) is 4. The van der Waals surface area contributed by atoms with Crippen molar-refractivity contribution in [1.82, 2.24) is 9.62 Å². The number of nitrogens with zero attached hydrogens (tertiary/aromatic N) is 2. The summed E-state index contributed by atoms with van der Waals surface area (Å²) in [5.74, 6) is -0.184. The number of rotatable bonds is 7. The maximum absolute atomic E-state index is 13.9. The highest BCUT2D eigenvalue weighted by atomic mass is 32.2. The van der Waals surface area contributed by atoms with Crippen LogP contribution in [0.4, 0.5) is 10.1 Å². The van der Waals surface area contributed by atoms with Gasteiger partial charge in [0, 0.05) is 32.7 Å². The van der Waals surface area contributed by atoms with Crippen LogP contribution in [0.3, 0.4) is 0 Å². The molecule has 2 aromatic carbocycles. The summed E-state index contributed by atoms with van der Waals surface area (Å²) < 4.78 is 41.4. The highest BCUT2D eigenvalue weighted by Gasteiger charge is 2.19. The van der Waals surface area contributed by atoms with E-state index < -0.39 is 10.0 Å². The van der Waals surface area contributed by atoms with Gasteiger partial charge in [0.15, 0.2) is 0 Å². The molecule has 152 valence electrons. The Morgan fingerprint density at radius 1 is 1.00 bits per heavy atom. The Labute approximate surface area is 167 Å². The van der Waals surface area contributed by atoms with Gasteiger partial charge in [-0.15, -0.1) is 0 Å². The lowest BCUT2D eigenvalue weighted by atomic mass is 10.1. The van der Waals surface area contributed by atoms with Crippen LogP contribution in [-0.2, 0) is 10.0 Å². The molecule has 1 fully saturated rings. The third-order valence-corrected chi connectivity index (χ3v) is 6.76. The van der Waals surface area contributed by atoms with E-state index in [1.165, 1.54) is 6.07 Å². The number of anilines is 1. The van der Waals surface area contributed by atoms with Gasteiger partial charge < -0.3 is 4.90 Å². The van der Waals surface area contributed by atoms with Gasteiger partial charge in [0.05, 0.1) is 10.6 Å². The maximum Gasteiger partial charge on any atom is 0.240 e. The molecule has 0 unspecified atom stereocenters. The molecule has 0 aliphatic carbocycles. The van der Waals surface area contributed by atoms with E-state index in [4.69, 9.17) is 0 Å². The zero-order valence-electron chi connectivity index (χ0n) is 16.5. The average molecular weight is 406 g/mol. The van der Waals surface area contributed by atoms with E-state index in [-0.39, 0.29) is 5.82 Å². The van der Waals surface area contributed by atoms with Crippen LogP contribution in [0.15, 0.2) is 47.4 Å². The van der Waals surface area contributed by atoms with Crippen LogP contribution >= 0.6 is 0 Å². The van der Waals surface area contributed by atoms with Crippen LogP contribution < -0.4 is 9.62 Å². The summed E-state index contributed by atoms with van der Waals surface area (Å²) in [6.45, 7) is 8.34. The average Bonchev–Trinajstić information content (AvgIpc) is 2.68. The highest BCUT2D eigenvalue weighted by molar-refractivity contribution is 7.89. The van der Waals surface area contributed by atoms with E-state index in [9.17, 15) is 12.8 Å². The number of nitrogens with one attached hydrogen (secondary N) is 1. The van der Waals surface area contributed by atoms with Crippen LogP contribution in [-0.4, -0.2) is 52.6 Å². The topological polar surface area (TPSA) is 52.7 Å². The smallest absolute Gasteiger partial charge is 0.240 e. The standard InChI is InChI=1S/C21H28FN3O2S/c1-17-8-9-19(16-18(17)2)28(26,27)23-10-5-11-24-12-14-25(15-13-24)21-7-4-3-6-20(21)22/h3-4,6-9,16,23H,5,10-15H2,1-2H3. The highest BCUT2D eigenvalue weighted by Crippen LogP contribution is 2.20. The van der Waals surface area contributed by atoms with Crippen LogP contribution in [0.2, 0.25) is 0 Å². The van der Waals surface area contributed by atoms with Gasteiger partial charge in [-0.2, -0.15) is 0 Å². The lowest BCUT2D eigenvalue weighted by Crippen LogP contribution is -2.47. The molecule has 0 radical (unpaired) electrons. The molecule has 0 bridgehead atoms. The summed E-state index contributed by atoms with van der Waals surface area (Å²) in [5, 5.41) is 0. The number of benzene rings is 2. The second-order valence-corrected chi connectivity index (χ2v) is 9.04.